The number of benzene rings is 3. The van der Waals surface area contributed by atoms with Gasteiger partial charge in [0.15, 0.2) is 9.84 Å². The summed E-state index contributed by atoms with van der Waals surface area (Å²) in [7, 11) is -4.68. The topological polar surface area (TPSA) is 110 Å². The average Bonchev–Trinajstić information content (AvgIpc) is 3.52. The van der Waals surface area contributed by atoms with E-state index in [-0.39, 0.29) is 50.4 Å². The highest BCUT2D eigenvalue weighted by molar-refractivity contribution is 7.92. The molecule has 0 aliphatic carbocycles. The molecule has 2 aliphatic heterocycles. The fourth-order valence-corrected chi connectivity index (χ4v) is 8.83. The molecule has 2 N–H and O–H groups in total. The van der Waals surface area contributed by atoms with E-state index in [9.17, 15) is 57.5 Å². The second-order valence-corrected chi connectivity index (χ2v) is 15.1. The van der Waals surface area contributed by atoms with Crippen molar-refractivity contribution >= 4 is 21.7 Å². The third kappa shape index (κ3) is 6.64. The van der Waals surface area contributed by atoms with Gasteiger partial charge in [-0.05, 0) is 61.2 Å². The highest BCUT2D eigenvalue weighted by Gasteiger charge is 2.73. The highest BCUT2D eigenvalue weighted by Crippen LogP contribution is 2.54. The van der Waals surface area contributed by atoms with E-state index in [0.717, 1.165) is 35.2 Å². The van der Waals surface area contributed by atoms with Crippen LogP contribution in [0.5, 0.6) is 0 Å². The van der Waals surface area contributed by atoms with Gasteiger partial charge in [0.25, 0.3) is 5.60 Å². The molecular formula is C34H32F9N3O5S. The fraction of sp³-hybridized carbons (Fsp3) is 0.412. The fourth-order valence-electron chi connectivity index (χ4n) is 6.75. The Morgan fingerprint density at radius 1 is 0.788 bits per heavy atom. The largest absolute Gasteiger partial charge is 0.430 e. The molecule has 1 atom stereocenters. The Morgan fingerprint density at radius 3 is 1.81 bits per heavy atom. The van der Waals surface area contributed by atoms with E-state index >= 15 is 0 Å². The Hall–Kier alpha value is -4.16. The molecule has 5 rings (SSSR count). The lowest BCUT2D eigenvalue weighted by molar-refractivity contribution is -0.392. The third-order valence-corrected chi connectivity index (χ3v) is 12.3. The van der Waals surface area contributed by atoms with Gasteiger partial charge in [-0.2, -0.15) is 26.3 Å². The summed E-state index contributed by atoms with van der Waals surface area (Å²) in [4.78, 5) is 27.8. The summed E-state index contributed by atoms with van der Waals surface area (Å²) in [5.74, 6) is -4.62. The Bertz CT molecular complexity index is 1900. The van der Waals surface area contributed by atoms with E-state index in [0.29, 0.717) is 36.4 Å². The highest BCUT2D eigenvalue weighted by atomic mass is 32.2. The Balaban J connectivity index is 1.58. The number of nitrogens with two attached hydrogens (primary N) is 1. The number of alkyl halides is 6. The number of likely N-dealkylation sites (tertiary alicyclic amines) is 2. The summed E-state index contributed by atoms with van der Waals surface area (Å²) in [6.07, 6.45) is -12.8. The quantitative estimate of drug-likeness (QED) is 0.227. The van der Waals surface area contributed by atoms with Crippen LogP contribution in [0, 0.1) is 17.5 Å². The molecule has 2 saturated heterocycles. The van der Waals surface area contributed by atoms with E-state index in [2.05, 4.69) is 4.74 Å². The van der Waals surface area contributed by atoms with Crippen molar-refractivity contribution in [3.8, 4) is 0 Å². The van der Waals surface area contributed by atoms with Crippen molar-refractivity contribution in [2.75, 3.05) is 26.2 Å². The Kier molecular flexibility index (Phi) is 10.3. The zero-order chi connectivity index (χ0) is 38.5. The van der Waals surface area contributed by atoms with Crippen molar-refractivity contribution in [3.63, 3.8) is 0 Å². The molecule has 18 heteroatoms. The van der Waals surface area contributed by atoms with Gasteiger partial charge in [0.1, 0.15) is 22.2 Å². The molecule has 0 saturated carbocycles. The Labute approximate surface area is 292 Å². The maximum atomic E-state index is 14.6. The van der Waals surface area contributed by atoms with Crippen molar-refractivity contribution in [3.05, 3.63) is 101 Å². The van der Waals surface area contributed by atoms with Crippen LogP contribution in [0.1, 0.15) is 42.9 Å². The van der Waals surface area contributed by atoms with E-state index in [1.807, 2.05) is 0 Å². The maximum absolute atomic E-state index is 14.6. The first-order chi connectivity index (χ1) is 24.1. The molecule has 3 aromatic rings. The molecule has 0 radical (unpaired) electrons. The summed E-state index contributed by atoms with van der Waals surface area (Å²) in [6.45, 7) is -1.05. The van der Waals surface area contributed by atoms with Crippen LogP contribution in [0.4, 0.5) is 39.5 Å². The van der Waals surface area contributed by atoms with Crippen LogP contribution in [-0.4, -0.2) is 74.1 Å². The monoisotopic (exact) mass is 765 g/mol. The van der Waals surface area contributed by atoms with Crippen molar-refractivity contribution in [2.45, 2.75) is 65.9 Å². The number of halogens is 9. The second kappa shape index (κ2) is 13.7. The van der Waals surface area contributed by atoms with Crippen LogP contribution in [0.2, 0.25) is 0 Å². The molecule has 2 amide bonds. The standard InChI is InChI=1S/C34H32F9N3O5S/c1-21(47)45-16-13-30(44,14-17-45)29(48)46-18-15-31(20-46,52(49,50)25-11-9-24(35)10-12-25)22-5-7-23(8-6-22)32(33(38,39)40,34(41,42)43)51-19-26-27(36)3-2-4-28(26)37/h2-12H,13-20,44H2,1H3/t31-/m0/s1. The lowest BCUT2D eigenvalue weighted by Gasteiger charge is -2.40. The molecule has 0 unspecified atom stereocenters. The van der Waals surface area contributed by atoms with Gasteiger partial charge in [-0.15, -0.1) is 0 Å². The number of ether oxygens (including phenoxy) is 1. The molecule has 52 heavy (non-hydrogen) atoms. The normalized spacial score (nSPS) is 19.9. The zero-order valence-corrected chi connectivity index (χ0v) is 28.1. The van der Waals surface area contributed by atoms with Gasteiger partial charge in [0.05, 0.1) is 17.0 Å². The molecule has 2 heterocycles. The van der Waals surface area contributed by atoms with Crippen molar-refractivity contribution in [1.29, 1.82) is 0 Å². The summed E-state index contributed by atoms with van der Waals surface area (Å²) in [6, 6.07) is 7.78. The predicted octanol–water partition coefficient (Wildman–Crippen LogP) is 5.88. The molecule has 0 bridgehead atoms. The Morgan fingerprint density at radius 2 is 1.31 bits per heavy atom. The van der Waals surface area contributed by atoms with Gasteiger partial charge in [-0.25, -0.2) is 21.6 Å². The molecule has 2 aliphatic rings. The molecule has 0 aromatic heterocycles. The van der Waals surface area contributed by atoms with Gasteiger partial charge < -0.3 is 20.3 Å². The average molecular weight is 766 g/mol. The third-order valence-electron chi connectivity index (χ3n) is 9.79. The number of carbonyl (C=O) groups excluding carboxylic acids is 2. The van der Waals surface area contributed by atoms with Gasteiger partial charge in [0.2, 0.25) is 11.8 Å². The zero-order valence-electron chi connectivity index (χ0n) is 27.3. The SMILES string of the molecule is CC(=O)N1CCC(N)(C(=O)N2CC[C@](c3ccc(C(OCc4c(F)cccc4F)(C(F)(F)F)C(F)(F)F)cc3)(S(=O)(=O)c3ccc(F)cc3)C2)CC1. The van der Waals surface area contributed by atoms with E-state index in [1.165, 1.54) is 11.8 Å². The summed E-state index contributed by atoms with van der Waals surface area (Å²) in [5, 5.41) is 0. The minimum absolute atomic E-state index is 0.0298. The molecular weight excluding hydrogens is 733 g/mol. The number of piperidine rings is 1. The van der Waals surface area contributed by atoms with E-state index in [4.69, 9.17) is 5.73 Å². The summed E-state index contributed by atoms with van der Waals surface area (Å²) in [5.41, 5.74) is -3.28. The van der Waals surface area contributed by atoms with Gasteiger partial charge in [-0.1, -0.05) is 30.3 Å². The predicted molar refractivity (Wildman–Crippen MR) is 166 cm³/mol. The minimum Gasteiger partial charge on any atom is -0.349 e. The molecule has 0 spiro atoms. The first kappa shape index (κ1) is 39.1. The number of amides is 2. The first-order valence-corrected chi connectivity index (χ1v) is 17.2. The number of hydrogen-bond acceptors (Lipinski definition) is 6. The van der Waals surface area contributed by atoms with Crippen molar-refractivity contribution in [2.24, 2.45) is 5.73 Å². The number of nitrogens with zero attached hydrogens (tertiary/aromatic N) is 2. The van der Waals surface area contributed by atoms with Crippen LogP contribution < -0.4 is 5.73 Å². The van der Waals surface area contributed by atoms with Crippen molar-refractivity contribution in [1.82, 2.24) is 9.80 Å². The smallest absolute Gasteiger partial charge is 0.349 e. The van der Waals surface area contributed by atoms with Crippen LogP contribution in [0.15, 0.2) is 71.6 Å². The lowest BCUT2D eigenvalue weighted by Crippen LogP contribution is -2.60. The number of rotatable bonds is 8. The van der Waals surface area contributed by atoms with Gasteiger partial charge in [0, 0.05) is 44.2 Å². The lowest BCUT2D eigenvalue weighted by atomic mass is 9.87. The molecule has 2 fully saturated rings. The summed E-state index contributed by atoms with van der Waals surface area (Å²) >= 11 is 0. The number of sulfone groups is 1. The second-order valence-electron chi connectivity index (χ2n) is 12.8. The van der Waals surface area contributed by atoms with Gasteiger partial charge >= 0.3 is 12.4 Å². The number of hydrogen-bond donors (Lipinski definition) is 1. The molecule has 3 aromatic carbocycles. The summed E-state index contributed by atoms with van der Waals surface area (Å²) < 4.78 is 161. The maximum Gasteiger partial charge on any atom is 0.430 e. The van der Waals surface area contributed by atoms with Crippen LogP contribution in [0.3, 0.4) is 0 Å². The molecule has 282 valence electrons. The molecule has 8 nitrogen and oxygen atoms in total. The van der Waals surface area contributed by atoms with Crippen molar-refractivity contribution < 1.29 is 62.3 Å². The van der Waals surface area contributed by atoms with Crippen LogP contribution in [0.25, 0.3) is 0 Å². The number of carbonyl (C=O) groups is 2. The van der Waals surface area contributed by atoms with E-state index in [1.54, 1.807) is 0 Å². The minimum atomic E-state index is -6.25. The van der Waals surface area contributed by atoms with E-state index < -0.39 is 90.6 Å². The van der Waals surface area contributed by atoms with Crippen LogP contribution >= 0.6 is 0 Å². The van der Waals surface area contributed by atoms with Gasteiger partial charge in [-0.3, -0.25) is 9.59 Å². The first-order valence-electron chi connectivity index (χ1n) is 15.7. The van der Waals surface area contributed by atoms with Crippen LogP contribution in [-0.2, 0) is 41.1 Å².